The molecule has 2 saturated heterocycles. The number of unbranched alkanes of at least 4 members (excludes halogenated alkanes) is 1. The first-order chi connectivity index (χ1) is 17.2. The average molecular weight is 475 g/mol. The number of likely N-dealkylation sites (tertiary alicyclic amines) is 1. The van der Waals surface area contributed by atoms with Gasteiger partial charge < -0.3 is 14.5 Å². The summed E-state index contributed by atoms with van der Waals surface area (Å²) in [4.78, 5) is 32.5. The maximum atomic E-state index is 12.3. The molecular weight excluding hydrogens is 440 g/mol. The zero-order valence-corrected chi connectivity index (χ0v) is 20.5. The Morgan fingerprint density at radius 1 is 1.14 bits per heavy atom. The Hall–Kier alpha value is -3.18. The molecule has 35 heavy (non-hydrogen) atoms. The van der Waals surface area contributed by atoms with Crippen molar-refractivity contribution in [2.45, 2.75) is 45.1 Å². The highest BCUT2D eigenvalue weighted by atomic mass is 16.6. The van der Waals surface area contributed by atoms with Crippen LogP contribution >= 0.6 is 0 Å². The van der Waals surface area contributed by atoms with E-state index >= 15 is 0 Å². The van der Waals surface area contributed by atoms with E-state index in [0.29, 0.717) is 6.04 Å². The van der Waals surface area contributed by atoms with Crippen LogP contribution in [0.4, 0.5) is 10.6 Å². The first-order valence-corrected chi connectivity index (χ1v) is 12.8. The molecule has 184 valence electrons. The van der Waals surface area contributed by atoms with E-state index in [4.69, 9.17) is 4.74 Å². The normalized spacial score (nSPS) is 21.3. The molecule has 0 N–H and O–H groups in total. The number of ether oxygens (including phenoxy) is 1. The van der Waals surface area contributed by atoms with Crippen molar-refractivity contribution in [3.8, 4) is 23.1 Å². The molecule has 1 spiro atoms. The number of amides is 1. The van der Waals surface area contributed by atoms with Gasteiger partial charge in [-0.3, -0.25) is 14.9 Å². The summed E-state index contributed by atoms with van der Waals surface area (Å²) in [5, 5.41) is 0. The third-order valence-corrected chi connectivity index (χ3v) is 7.51. The number of carbonyl (C=O) groups excluding carboxylic acids is 1. The molecule has 1 amide bonds. The van der Waals surface area contributed by atoms with Gasteiger partial charge in [0.25, 0.3) is 0 Å². The van der Waals surface area contributed by atoms with Crippen molar-refractivity contribution in [2.24, 2.45) is 5.41 Å². The maximum Gasteiger partial charge on any atom is 0.410 e. The summed E-state index contributed by atoms with van der Waals surface area (Å²) in [5.41, 5.74) is 2.16. The Kier molecular flexibility index (Phi) is 7.14. The van der Waals surface area contributed by atoms with Gasteiger partial charge >= 0.3 is 6.09 Å². The second kappa shape index (κ2) is 10.6. The molecule has 1 aliphatic carbocycles. The number of aromatic nitrogens is 3. The highest BCUT2D eigenvalue weighted by Gasteiger charge is 2.51. The van der Waals surface area contributed by atoms with Gasteiger partial charge in [0.15, 0.2) is 6.61 Å². The number of pyridine rings is 1. The fourth-order valence-electron chi connectivity index (χ4n) is 5.71. The molecule has 2 aromatic rings. The van der Waals surface area contributed by atoms with Crippen LogP contribution in [0.1, 0.15) is 39.0 Å². The summed E-state index contributed by atoms with van der Waals surface area (Å²) in [6.45, 7) is 7.88. The highest BCUT2D eigenvalue weighted by Crippen LogP contribution is 2.47. The minimum absolute atomic E-state index is 0.198. The SMILES string of the molecule is CCCC#CCOC(=O)N1CC2(CCC(N3CCN(c4ncccc4-c4cnccn4)CC3)C2)C1. The smallest absolute Gasteiger partial charge is 0.410 e. The Morgan fingerprint density at radius 2 is 2.00 bits per heavy atom. The predicted molar refractivity (Wildman–Crippen MR) is 135 cm³/mol. The lowest BCUT2D eigenvalue weighted by atomic mass is 9.78. The minimum atomic E-state index is -0.215. The summed E-state index contributed by atoms with van der Waals surface area (Å²) in [5.74, 6) is 6.92. The van der Waals surface area contributed by atoms with Crippen LogP contribution in [-0.2, 0) is 4.74 Å². The Bertz CT molecular complexity index is 1070. The Balaban J connectivity index is 1.10. The molecular formula is C27H34N6O2. The van der Waals surface area contributed by atoms with Gasteiger partial charge in [-0.05, 0) is 37.8 Å². The third kappa shape index (κ3) is 5.25. The predicted octanol–water partition coefficient (Wildman–Crippen LogP) is 3.46. The van der Waals surface area contributed by atoms with Crippen LogP contribution in [-0.4, -0.2) is 82.8 Å². The maximum absolute atomic E-state index is 12.3. The molecule has 3 fully saturated rings. The molecule has 1 unspecified atom stereocenters. The van der Waals surface area contributed by atoms with Crippen molar-refractivity contribution in [1.82, 2.24) is 24.8 Å². The van der Waals surface area contributed by atoms with Crippen molar-refractivity contribution < 1.29 is 9.53 Å². The molecule has 8 nitrogen and oxygen atoms in total. The van der Waals surface area contributed by atoms with Crippen LogP contribution in [0.3, 0.4) is 0 Å². The van der Waals surface area contributed by atoms with E-state index in [1.807, 2.05) is 17.2 Å². The fraction of sp³-hybridized carbons (Fsp3) is 0.556. The van der Waals surface area contributed by atoms with Gasteiger partial charge in [0.2, 0.25) is 0 Å². The minimum Gasteiger partial charge on any atom is -0.436 e. The van der Waals surface area contributed by atoms with Gasteiger partial charge in [0.1, 0.15) is 5.82 Å². The van der Waals surface area contributed by atoms with E-state index in [2.05, 4.69) is 49.6 Å². The van der Waals surface area contributed by atoms with E-state index in [-0.39, 0.29) is 18.1 Å². The largest absolute Gasteiger partial charge is 0.436 e. The second-order valence-electron chi connectivity index (χ2n) is 9.90. The zero-order valence-electron chi connectivity index (χ0n) is 20.5. The van der Waals surface area contributed by atoms with E-state index in [0.717, 1.165) is 69.2 Å². The first kappa shape index (κ1) is 23.6. The molecule has 1 atom stereocenters. The van der Waals surface area contributed by atoms with Crippen LogP contribution in [0.15, 0.2) is 36.9 Å². The number of piperazine rings is 1. The molecule has 1 saturated carbocycles. The molecule has 8 heteroatoms. The number of hydrogen-bond acceptors (Lipinski definition) is 7. The number of carbonyl (C=O) groups is 1. The van der Waals surface area contributed by atoms with Crippen LogP contribution in [0.25, 0.3) is 11.3 Å². The Labute approximate surface area is 207 Å². The lowest BCUT2D eigenvalue weighted by Gasteiger charge is -2.48. The van der Waals surface area contributed by atoms with E-state index in [1.54, 1.807) is 18.6 Å². The van der Waals surface area contributed by atoms with Crippen LogP contribution in [0, 0.1) is 17.3 Å². The van der Waals surface area contributed by atoms with Gasteiger partial charge in [0.05, 0.1) is 11.9 Å². The van der Waals surface area contributed by atoms with E-state index in [9.17, 15) is 4.79 Å². The topological polar surface area (TPSA) is 74.7 Å². The second-order valence-corrected chi connectivity index (χ2v) is 9.90. The summed E-state index contributed by atoms with van der Waals surface area (Å²) in [6.07, 6.45) is 12.3. The monoisotopic (exact) mass is 474 g/mol. The summed E-state index contributed by atoms with van der Waals surface area (Å²) in [6, 6.07) is 4.63. The van der Waals surface area contributed by atoms with E-state index in [1.165, 1.54) is 19.3 Å². The summed E-state index contributed by atoms with van der Waals surface area (Å²) >= 11 is 0. The van der Waals surface area contributed by atoms with Crippen molar-refractivity contribution in [3.05, 3.63) is 36.9 Å². The van der Waals surface area contributed by atoms with Gasteiger partial charge in [-0.25, -0.2) is 9.78 Å². The average Bonchev–Trinajstić information content (AvgIpc) is 3.34. The zero-order chi connectivity index (χ0) is 24.1. The molecule has 0 bridgehead atoms. The van der Waals surface area contributed by atoms with E-state index < -0.39 is 0 Å². The molecule has 5 rings (SSSR count). The number of rotatable bonds is 5. The first-order valence-electron chi connectivity index (χ1n) is 12.8. The van der Waals surface area contributed by atoms with Gasteiger partial charge in [0, 0.05) is 81.3 Å². The molecule has 0 aromatic carbocycles. The van der Waals surface area contributed by atoms with Gasteiger partial charge in [-0.2, -0.15) is 0 Å². The van der Waals surface area contributed by atoms with Gasteiger partial charge in [-0.15, -0.1) is 0 Å². The molecule has 0 radical (unpaired) electrons. The lowest BCUT2D eigenvalue weighted by Crippen LogP contribution is -2.58. The lowest BCUT2D eigenvalue weighted by molar-refractivity contribution is -0.000843. The summed E-state index contributed by atoms with van der Waals surface area (Å²) in [7, 11) is 0. The van der Waals surface area contributed by atoms with Crippen molar-refractivity contribution in [3.63, 3.8) is 0 Å². The van der Waals surface area contributed by atoms with Crippen LogP contribution < -0.4 is 4.90 Å². The van der Waals surface area contributed by atoms with Gasteiger partial charge in [-0.1, -0.05) is 18.8 Å². The molecule has 2 aromatic heterocycles. The van der Waals surface area contributed by atoms with Crippen LogP contribution in [0.5, 0.6) is 0 Å². The quantitative estimate of drug-likeness (QED) is 0.615. The number of hydrogen-bond donors (Lipinski definition) is 0. The van der Waals surface area contributed by atoms with Crippen molar-refractivity contribution >= 4 is 11.9 Å². The Morgan fingerprint density at radius 3 is 2.77 bits per heavy atom. The van der Waals surface area contributed by atoms with Crippen molar-refractivity contribution in [1.29, 1.82) is 0 Å². The molecule has 3 aliphatic rings. The summed E-state index contributed by atoms with van der Waals surface area (Å²) < 4.78 is 5.32. The van der Waals surface area contributed by atoms with Crippen LogP contribution in [0.2, 0.25) is 0 Å². The fourth-order valence-corrected chi connectivity index (χ4v) is 5.71. The van der Waals surface area contributed by atoms with Crippen molar-refractivity contribution in [2.75, 3.05) is 50.8 Å². The molecule has 4 heterocycles. The standard InChI is InChI=1S/C27H34N6O2/c1-2-3-4-5-17-35-26(34)33-20-27(21-33)9-8-22(18-27)31-13-15-32(16-14-31)25-23(7-6-10-30-25)24-19-28-11-12-29-24/h6-7,10-12,19,22H,2-3,8-9,13-18,20-21H2,1H3. The molecule has 2 aliphatic heterocycles. The highest BCUT2D eigenvalue weighted by molar-refractivity contribution is 5.72. The third-order valence-electron chi connectivity index (χ3n) is 7.51. The number of anilines is 1. The number of nitrogens with zero attached hydrogens (tertiary/aromatic N) is 6.